The lowest BCUT2D eigenvalue weighted by Crippen LogP contribution is -2.29. The van der Waals surface area contributed by atoms with Crippen molar-refractivity contribution in [3.05, 3.63) is 36.7 Å². The van der Waals surface area contributed by atoms with Crippen molar-refractivity contribution in [2.45, 2.75) is 25.4 Å². The monoisotopic (exact) mass is 347 g/mol. The van der Waals surface area contributed by atoms with Crippen molar-refractivity contribution in [1.82, 2.24) is 30.3 Å². The smallest absolute Gasteiger partial charge is 0.220 e. The van der Waals surface area contributed by atoms with E-state index in [9.17, 15) is 4.79 Å². The molecule has 1 atom stereocenters. The fourth-order valence-corrected chi connectivity index (χ4v) is 3.54. The number of fused-ring (bicyclic) bond motifs is 3. The van der Waals surface area contributed by atoms with Crippen molar-refractivity contribution in [1.29, 1.82) is 0 Å². The molecule has 1 saturated heterocycles. The van der Waals surface area contributed by atoms with E-state index in [4.69, 9.17) is 10.8 Å². The lowest BCUT2D eigenvalue weighted by Gasteiger charge is -2.08. The topological polar surface area (TPSA) is 115 Å². The Morgan fingerprint density at radius 3 is 2.96 bits per heavy atom. The van der Waals surface area contributed by atoms with E-state index in [1.165, 1.54) is 0 Å². The Labute approximate surface area is 148 Å². The second-order valence-electron chi connectivity index (χ2n) is 6.62. The molecule has 0 spiro atoms. The number of anilines is 1. The van der Waals surface area contributed by atoms with Crippen LogP contribution in [0.2, 0.25) is 0 Å². The first-order valence-corrected chi connectivity index (χ1v) is 8.53. The second kappa shape index (κ2) is 5.55. The average Bonchev–Trinajstić information content (AvgIpc) is 3.36. The van der Waals surface area contributed by atoms with Gasteiger partial charge in [-0.1, -0.05) is 6.07 Å². The molecule has 1 aromatic carbocycles. The predicted molar refractivity (Wildman–Crippen MR) is 98.2 cm³/mol. The number of benzene rings is 1. The summed E-state index contributed by atoms with van der Waals surface area (Å²) < 4.78 is 1.85. The highest BCUT2D eigenvalue weighted by Crippen LogP contribution is 2.30. The molecule has 130 valence electrons. The van der Waals surface area contributed by atoms with E-state index in [-0.39, 0.29) is 11.9 Å². The fourth-order valence-electron chi connectivity index (χ4n) is 3.54. The van der Waals surface area contributed by atoms with E-state index < -0.39 is 0 Å². The molecule has 0 bridgehead atoms. The fraction of sp³-hybridized carbons (Fsp3) is 0.222. The van der Waals surface area contributed by atoms with Crippen molar-refractivity contribution in [2.24, 2.45) is 0 Å². The Hall–Kier alpha value is -3.42. The molecule has 5 rings (SSSR count). The predicted octanol–water partition coefficient (Wildman–Crippen LogP) is 1.84. The maximum Gasteiger partial charge on any atom is 0.220 e. The third kappa shape index (κ3) is 2.38. The molecule has 3 aromatic heterocycles. The van der Waals surface area contributed by atoms with Gasteiger partial charge in [-0.05, 0) is 24.6 Å². The quantitative estimate of drug-likeness (QED) is 0.523. The van der Waals surface area contributed by atoms with Gasteiger partial charge in [-0.25, -0.2) is 4.98 Å². The van der Waals surface area contributed by atoms with Crippen LogP contribution in [0.3, 0.4) is 0 Å². The number of nitrogens with zero attached hydrogens (tertiary/aromatic N) is 4. The van der Waals surface area contributed by atoms with Gasteiger partial charge in [0.05, 0.1) is 23.1 Å². The Morgan fingerprint density at radius 2 is 2.19 bits per heavy atom. The molecule has 0 radical (unpaired) electrons. The van der Waals surface area contributed by atoms with Crippen LogP contribution in [0.5, 0.6) is 0 Å². The minimum absolute atomic E-state index is 0.102. The summed E-state index contributed by atoms with van der Waals surface area (Å²) in [4.78, 5) is 15.9. The molecule has 1 unspecified atom stereocenters. The van der Waals surface area contributed by atoms with Gasteiger partial charge < -0.3 is 11.1 Å². The molecule has 1 aliphatic heterocycles. The van der Waals surface area contributed by atoms with Crippen LogP contribution in [0.25, 0.3) is 33.1 Å². The Kier molecular flexibility index (Phi) is 3.18. The molecule has 1 amide bonds. The summed E-state index contributed by atoms with van der Waals surface area (Å²) in [7, 11) is 0. The number of hydrogen-bond donors (Lipinski definition) is 3. The van der Waals surface area contributed by atoms with Crippen molar-refractivity contribution >= 4 is 33.5 Å². The first kappa shape index (κ1) is 14.9. The van der Waals surface area contributed by atoms with Crippen molar-refractivity contribution < 1.29 is 4.79 Å². The summed E-state index contributed by atoms with van der Waals surface area (Å²) in [5.74, 6) is 0.556. The number of nitrogen functional groups attached to an aromatic ring is 1. The van der Waals surface area contributed by atoms with Crippen molar-refractivity contribution in [3.8, 4) is 11.3 Å². The Balaban J connectivity index is 1.59. The zero-order chi connectivity index (χ0) is 17.7. The van der Waals surface area contributed by atoms with Crippen molar-refractivity contribution in [3.63, 3.8) is 0 Å². The lowest BCUT2D eigenvalue weighted by atomic mass is 10.1. The number of carbonyl (C=O) groups excluding carboxylic acids is 1. The molecule has 4 N–H and O–H groups in total. The summed E-state index contributed by atoms with van der Waals surface area (Å²) in [5, 5.41) is 16.4. The number of aromatic amines is 1. The summed E-state index contributed by atoms with van der Waals surface area (Å²) >= 11 is 0. The van der Waals surface area contributed by atoms with Crippen LogP contribution < -0.4 is 11.1 Å². The highest BCUT2D eigenvalue weighted by Gasteiger charge is 2.22. The SMILES string of the molecule is Nc1nc2cc(-c3ccn[nH]3)ccc2c2nn(CC3CCC(=O)N3)cc12. The maximum absolute atomic E-state index is 11.4. The lowest BCUT2D eigenvalue weighted by molar-refractivity contribution is -0.119. The molecular formula is C18H17N7O. The second-order valence-corrected chi connectivity index (χ2v) is 6.62. The number of nitrogens with one attached hydrogen (secondary N) is 2. The molecule has 8 nitrogen and oxygen atoms in total. The van der Waals surface area contributed by atoms with Gasteiger partial charge in [-0.2, -0.15) is 10.2 Å². The standard InChI is InChI=1S/C18H17N7O/c19-18-13-9-25(8-11-2-4-16(26)21-11)24-17(13)12-3-1-10(7-15(12)22-18)14-5-6-20-23-14/h1,3,5-7,9,11H,2,4,8H2,(H2,19,22)(H,20,23)(H,21,26). The van der Waals surface area contributed by atoms with Gasteiger partial charge >= 0.3 is 0 Å². The third-order valence-corrected chi connectivity index (χ3v) is 4.84. The van der Waals surface area contributed by atoms with E-state index in [0.717, 1.165) is 39.5 Å². The average molecular weight is 347 g/mol. The van der Waals surface area contributed by atoms with E-state index in [1.54, 1.807) is 6.20 Å². The van der Waals surface area contributed by atoms with Crippen LogP contribution in [-0.2, 0) is 11.3 Å². The molecule has 0 saturated carbocycles. The number of pyridine rings is 1. The zero-order valence-corrected chi connectivity index (χ0v) is 13.9. The first-order valence-electron chi connectivity index (χ1n) is 8.53. The largest absolute Gasteiger partial charge is 0.383 e. The summed E-state index contributed by atoms with van der Waals surface area (Å²) in [6, 6.07) is 8.03. The van der Waals surface area contributed by atoms with Gasteiger partial charge in [-0.15, -0.1) is 0 Å². The van der Waals surface area contributed by atoms with E-state index >= 15 is 0 Å². The van der Waals surface area contributed by atoms with Crippen LogP contribution >= 0.6 is 0 Å². The molecule has 4 heterocycles. The normalized spacial score (nSPS) is 17.2. The molecule has 4 aromatic rings. The van der Waals surface area contributed by atoms with Crippen LogP contribution in [0.15, 0.2) is 36.7 Å². The molecular weight excluding hydrogens is 330 g/mol. The van der Waals surface area contributed by atoms with Crippen LogP contribution in [0.1, 0.15) is 12.8 Å². The van der Waals surface area contributed by atoms with E-state index in [2.05, 4.69) is 20.5 Å². The van der Waals surface area contributed by atoms with Gasteiger partial charge in [0.1, 0.15) is 11.3 Å². The number of rotatable bonds is 3. The van der Waals surface area contributed by atoms with Gasteiger partial charge in [0, 0.05) is 35.8 Å². The van der Waals surface area contributed by atoms with Gasteiger partial charge in [0.25, 0.3) is 0 Å². The number of H-pyrrole nitrogens is 1. The van der Waals surface area contributed by atoms with Crippen LogP contribution in [0.4, 0.5) is 5.82 Å². The number of amides is 1. The van der Waals surface area contributed by atoms with Crippen molar-refractivity contribution in [2.75, 3.05) is 5.73 Å². The van der Waals surface area contributed by atoms with Gasteiger partial charge in [0.15, 0.2) is 0 Å². The van der Waals surface area contributed by atoms with Crippen LogP contribution in [0, 0.1) is 0 Å². The van der Waals surface area contributed by atoms with Gasteiger partial charge in [0.2, 0.25) is 5.91 Å². The summed E-state index contributed by atoms with van der Waals surface area (Å²) in [5.41, 5.74) is 9.72. The number of nitrogens with two attached hydrogens (primary N) is 1. The van der Waals surface area contributed by atoms with Gasteiger partial charge in [-0.3, -0.25) is 14.6 Å². The number of carbonyl (C=O) groups is 1. The number of aromatic nitrogens is 5. The minimum atomic E-state index is 0.102. The molecule has 8 heteroatoms. The molecule has 1 fully saturated rings. The van der Waals surface area contributed by atoms with E-state index in [1.807, 2.05) is 35.1 Å². The number of hydrogen-bond acceptors (Lipinski definition) is 5. The summed E-state index contributed by atoms with van der Waals surface area (Å²) in [6.45, 7) is 0.633. The Bertz CT molecular complexity index is 1130. The molecule has 1 aliphatic rings. The third-order valence-electron chi connectivity index (χ3n) is 4.84. The highest BCUT2D eigenvalue weighted by molar-refractivity contribution is 6.08. The minimum Gasteiger partial charge on any atom is -0.383 e. The van der Waals surface area contributed by atoms with E-state index in [0.29, 0.717) is 18.8 Å². The maximum atomic E-state index is 11.4. The molecule has 26 heavy (non-hydrogen) atoms. The Morgan fingerprint density at radius 1 is 1.27 bits per heavy atom. The highest BCUT2D eigenvalue weighted by atomic mass is 16.1. The first-order chi connectivity index (χ1) is 12.7. The zero-order valence-electron chi connectivity index (χ0n) is 13.9. The van der Waals surface area contributed by atoms with Crippen LogP contribution in [-0.4, -0.2) is 36.9 Å². The summed E-state index contributed by atoms with van der Waals surface area (Å²) in [6.07, 6.45) is 5.03. The molecule has 0 aliphatic carbocycles.